The van der Waals surface area contributed by atoms with Crippen molar-refractivity contribution in [3.05, 3.63) is 10.6 Å². The van der Waals surface area contributed by atoms with Gasteiger partial charge in [0.15, 0.2) is 0 Å². The number of hydrogen-bond donors (Lipinski definition) is 1. The molecule has 0 saturated heterocycles. The zero-order valence-electron chi connectivity index (χ0n) is 8.71. The van der Waals surface area contributed by atoms with E-state index in [2.05, 4.69) is 9.71 Å². The van der Waals surface area contributed by atoms with Crippen LogP contribution in [0.4, 0.5) is 0 Å². The largest absolute Gasteiger partial charge is 0.466 e. The van der Waals surface area contributed by atoms with Crippen LogP contribution in [-0.2, 0) is 9.53 Å². The van der Waals surface area contributed by atoms with Crippen LogP contribution in [0.25, 0.3) is 0 Å². The first-order valence-electron chi connectivity index (χ1n) is 5.17. The third-order valence-electron chi connectivity index (χ3n) is 2.32. The van der Waals surface area contributed by atoms with Crippen molar-refractivity contribution in [3.8, 4) is 0 Å². The smallest absolute Gasteiger partial charge is 0.313 e. The monoisotopic (exact) mass is 226 g/mol. The molecule has 0 spiro atoms. The van der Waals surface area contributed by atoms with Gasteiger partial charge in [-0.05, 0) is 38.1 Å². The highest BCUT2D eigenvalue weighted by atomic mass is 32.2. The summed E-state index contributed by atoms with van der Waals surface area (Å²) in [5.41, 5.74) is 1.15. The van der Waals surface area contributed by atoms with Crippen molar-refractivity contribution < 1.29 is 9.53 Å². The van der Waals surface area contributed by atoms with Gasteiger partial charge in [0, 0.05) is 4.91 Å². The summed E-state index contributed by atoms with van der Waals surface area (Å²) in [4.78, 5) is 17.0. The molecular formula is C10H14N2O2S. The summed E-state index contributed by atoms with van der Waals surface area (Å²) in [5, 5.41) is 0. The lowest BCUT2D eigenvalue weighted by Crippen LogP contribution is -2.23. The topological polar surface area (TPSA) is 50.7 Å². The van der Waals surface area contributed by atoms with Gasteiger partial charge < -0.3 is 9.46 Å². The number of ether oxygens (including phenoxy) is 1. The third-order valence-corrected chi connectivity index (χ3v) is 3.34. The van der Waals surface area contributed by atoms with E-state index in [4.69, 9.17) is 4.74 Å². The highest BCUT2D eigenvalue weighted by molar-refractivity contribution is 8.01. The van der Waals surface area contributed by atoms with Crippen LogP contribution < -0.4 is 4.72 Å². The Labute approximate surface area is 93.3 Å². The predicted molar refractivity (Wildman–Crippen MR) is 60.3 cm³/mol. The number of nitrogens with zero attached hydrogens (tertiary/aromatic N) is 1. The summed E-state index contributed by atoms with van der Waals surface area (Å²) in [6.45, 7) is 2.23. The number of allylic oxidation sites excluding steroid dienone is 2. The molecule has 1 heterocycles. The van der Waals surface area contributed by atoms with Crippen LogP contribution in [0.15, 0.2) is 15.6 Å². The van der Waals surface area contributed by atoms with Crippen molar-refractivity contribution in [2.24, 2.45) is 4.99 Å². The molecule has 15 heavy (non-hydrogen) atoms. The van der Waals surface area contributed by atoms with Gasteiger partial charge in [0.2, 0.25) is 0 Å². The number of aliphatic imine (C=N–C) groups is 1. The van der Waals surface area contributed by atoms with Crippen LogP contribution in [0.2, 0.25) is 0 Å². The minimum Gasteiger partial charge on any atom is -0.466 e. The normalized spacial score (nSPS) is 19.4. The molecule has 0 aromatic rings. The second-order valence-electron chi connectivity index (χ2n) is 3.47. The number of nitrogens with one attached hydrogen (secondary N) is 1. The number of esters is 1. The first-order chi connectivity index (χ1) is 7.29. The first-order valence-corrected chi connectivity index (χ1v) is 5.99. The fraction of sp³-hybridized carbons (Fsp3) is 0.600. The molecular weight excluding hydrogens is 212 g/mol. The molecule has 1 aliphatic heterocycles. The number of carbonyl (C=O) groups is 1. The molecule has 0 bridgehead atoms. The van der Waals surface area contributed by atoms with Gasteiger partial charge in [-0.2, -0.15) is 0 Å². The second-order valence-corrected chi connectivity index (χ2v) is 4.37. The van der Waals surface area contributed by atoms with Gasteiger partial charge >= 0.3 is 5.97 Å². The fourth-order valence-electron chi connectivity index (χ4n) is 1.66. The van der Waals surface area contributed by atoms with Crippen LogP contribution >= 0.6 is 11.9 Å². The van der Waals surface area contributed by atoms with Crippen molar-refractivity contribution in [2.45, 2.75) is 32.6 Å². The van der Waals surface area contributed by atoms with E-state index < -0.39 is 0 Å². The Morgan fingerprint density at radius 1 is 1.60 bits per heavy atom. The predicted octanol–water partition coefficient (Wildman–Crippen LogP) is 1.98. The van der Waals surface area contributed by atoms with Crippen LogP contribution in [0.5, 0.6) is 0 Å². The molecule has 1 aliphatic carbocycles. The minimum atomic E-state index is -0.216. The quantitative estimate of drug-likeness (QED) is 0.590. The fourth-order valence-corrected chi connectivity index (χ4v) is 2.53. The average Bonchev–Trinajstić information content (AvgIpc) is 2.65. The van der Waals surface area contributed by atoms with Gasteiger partial charge in [0.05, 0.1) is 12.3 Å². The summed E-state index contributed by atoms with van der Waals surface area (Å²) in [6, 6.07) is 0. The van der Waals surface area contributed by atoms with E-state index in [1.165, 1.54) is 11.3 Å². The van der Waals surface area contributed by atoms with Gasteiger partial charge in [0.25, 0.3) is 0 Å². The summed E-state index contributed by atoms with van der Waals surface area (Å²) in [6.07, 6.45) is 3.58. The Balaban J connectivity index is 1.96. The lowest BCUT2D eigenvalue weighted by molar-refractivity contribution is -0.141. The Bertz CT molecular complexity index is 336. The zero-order valence-corrected chi connectivity index (χ0v) is 9.52. The Morgan fingerprint density at radius 3 is 3.27 bits per heavy atom. The van der Waals surface area contributed by atoms with Gasteiger partial charge in [-0.25, -0.2) is 4.99 Å². The van der Waals surface area contributed by atoms with Crippen LogP contribution in [0, 0.1) is 0 Å². The lowest BCUT2D eigenvalue weighted by atomic mass is 10.3. The number of amidine groups is 1. The molecule has 0 saturated carbocycles. The van der Waals surface area contributed by atoms with E-state index in [1.807, 2.05) is 0 Å². The van der Waals surface area contributed by atoms with Crippen LogP contribution in [-0.4, -0.2) is 18.4 Å². The van der Waals surface area contributed by atoms with Crippen molar-refractivity contribution in [3.63, 3.8) is 0 Å². The maximum Gasteiger partial charge on any atom is 0.313 e. The number of carbonyl (C=O) groups excluding carboxylic acids is 1. The molecule has 0 aromatic heterocycles. The average molecular weight is 226 g/mol. The summed E-state index contributed by atoms with van der Waals surface area (Å²) >= 11 is 1.59. The van der Waals surface area contributed by atoms with Crippen LogP contribution in [0.3, 0.4) is 0 Å². The van der Waals surface area contributed by atoms with Crippen molar-refractivity contribution in [1.82, 2.24) is 4.72 Å². The van der Waals surface area contributed by atoms with E-state index in [0.29, 0.717) is 6.61 Å². The molecule has 0 amide bonds. The molecule has 0 atom stereocenters. The highest BCUT2D eigenvalue weighted by Gasteiger charge is 2.21. The summed E-state index contributed by atoms with van der Waals surface area (Å²) in [5.74, 6) is 0.505. The summed E-state index contributed by atoms with van der Waals surface area (Å²) < 4.78 is 7.96. The standard InChI is InChI=1S/C10H14N2O2S/c1-2-14-10(13)6-9-11-7-4-3-5-8(7)15-12-9/h2-6H2,1H3,(H,11,12). The molecule has 82 valence electrons. The molecule has 4 nitrogen and oxygen atoms in total. The van der Waals surface area contributed by atoms with Crippen LogP contribution in [0.1, 0.15) is 32.6 Å². The molecule has 1 N–H and O–H groups in total. The number of rotatable bonds is 3. The lowest BCUT2D eigenvalue weighted by Gasteiger charge is -2.14. The van der Waals surface area contributed by atoms with E-state index in [9.17, 15) is 4.79 Å². The molecule has 0 unspecified atom stereocenters. The Hall–Kier alpha value is -0.970. The number of hydrogen-bond acceptors (Lipinski definition) is 5. The first kappa shape index (κ1) is 10.5. The highest BCUT2D eigenvalue weighted by Crippen LogP contribution is 2.36. The Kier molecular flexibility index (Phi) is 3.30. The molecule has 2 aliphatic rings. The third kappa shape index (κ3) is 2.53. The van der Waals surface area contributed by atoms with Gasteiger partial charge in [0.1, 0.15) is 12.3 Å². The maximum absolute atomic E-state index is 11.2. The molecule has 0 aromatic carbocycles. The molecule has 0 radical (unpaired) electrons. The van der Waals surface area contributed by atoms with E-state index >= 15 is 0 Å². The zero-order chi connectivity index (χ0) is 10.7. The van der Waals surface area contributed by atoms with Gasteiger partial charge in [-0.3, -0.25) is 4.79 Å². The van der Waals surface area contributed by atoms with Crippen molar-refractivity contribution in [1.29, 1.82) is 0 Å². The summed E-state index contributed by atoms with van der Waals surface area (Å²) in [7, 11) is 0. The molecule has 0 fully saturated rings. The Morgan fingerprint density at radius 2 is 2.47 bits per heavy atom. The SMILES string of the molecule is CCOC(=O)CC1=NC2=C(CCC2)SN1. The molecule has 5 heteroatoms. The minimum absolute atomic E-state index is 0.216. The van der Waals surface area contributed by atoms with E-state index in [1.54, 1.807) is 18.9 Å². The van der Waals surface area contributed by atoms with Crippen molar-refractivity contribution in [2.75, 3.05) is 6.61 Å². The molecule has 2 rings (SSSR count). The van der Waals surface area contributed by atoms with Gasteiger partial charge in [-0.15, -0.1) is 0 Å². The van der Waals surface area contributed by atoms with E-state index in [-0.39, 0.29) is 12.4 Å². The van der Waals surface area contributed by atoms with Crippen molar-refractivity contribution >= 4 is 23.8 Å². The second kappa shape index (κ2) is 4.70. The van der Waals surface area contributed by atoms with Gasteiger partial charge in [-0.1, -0.05) is 0 Å². The van der Waals surface area contributed by atoms with E-state index in [0.717, 1.165) is 24.4 Å². The maximum atomic E-state index is 11.2.